The molecule has 3 rings (SSSR count). The van der Waals surface area contributed by atoms with Crippen LogP contribution in [0.15, 0.2) is 54.6 Å². The molecule has 1 saturated heterocycles. The van der Waals surface area contributed by atoms with E-state index in [2.05, 4.69) is 47.6 Å². The Morgan fingerprint density at radius 2 is 1.89 bits per heavy atom. The number of carbonyl (C=O) groups is 2. The summed E-state index contributed by atoms with van der Waals surface area (Å²) in [7, 11) is 1.63. The highest BCUT2D eigenvalue weighted by molar-refractivity contribution is 5.85. The molecule has 8 heteroatoms. The number of aromatic hydroxyl groups is 1. The summed E-state index contributed by atoms with van der Waals surface area (Å²) in [6, 6.07) is 17.8. The summed E-state index contributed by atoms with van der Waals surface area (Å²) in [6.45, 7) is 7.57. The van der Waals surface area contributed by atoms with E-state index in [9.17, 15) is 14.7 Å². The maximum atomic E-state index is 13.1. The van der Waals surface area contributed by atoms with Gasteiger partial charge in [0.05, 0.1) is 5.92 Å². The van der Waals surface area contributed by atoms with Crippen LogP contribution in [0.25, 0.3) is 0 Å². The summed E-state index contributed by atoms with van der Waals surface area (Å²) in [5.74, 6) is 0.585. The Bertz CT molecular complexity index is 959. The van der Waals surface area contributed by atoms with Crippen LogP contribution in [0.1, 0.15) is 44.2 Å². The predicted octanol–water partition coefficient (Wildman–Crippen LogP) is 3.09. The summed E-state index contributed by atoms with van der Waals surface area (Å²) in [5.41, 5.74) is 2.32. The van der Waals surface area contributed by atoms with E-state index >= 15 is 0 Å². The summed E-state index contributed by atoms with van der Waals surface area (Å²) >= 11 is 0. The molecule has 1 aliphatic heterocycles. The van der Waals surface area contributed by atoms with E-state index in [-0.39, 0.29) is 41.0 Å². The van der Waals surface area contributed by atoms with Crippen molar-refractivity contribution in [3.05, 3.63) is 65.7 Å². The van der Waals surface area contributed by atoms with Gasteiger partial charge in [-0.05, 0) is 60.4 Å². The van der Waals surface area contributed by atoms with Gasteiger partial charge in [-0.1, -0.05) is 56.3 Å². The lowest BCUT2D eigenvalue weighted by Gasteiger charge is -2.45. The third-order valence-corrected chi connectivity index (χ3v) is 7.41. The van der Waals surface area contributed by atoms with Crippen LogP contribution in [0.3, 0.4) is 0 Å². The van der Waals surface area contributed by atoms with E-state index in [0.29, 0.717) is 44.0 Å². The Morgan fingerprint density at radius 3 is 2.53 bits per heavy atom. The zero-order chi connectivity index (χ0) is 24.6. The molecule has 1 fully saturated rings. The SMILES string of the molecule is CNC(=O)CCCNC(=O)C(Cc1ccccc1)CN1CCC(C)(c2cccc(O)c2)C(C)C1.Cl.O. The van der Waals surface area contributed by atoms with Crippen LogP contribution in [-0.4, -0.2) is 60.5 Å². The molecular formula is C28H42ClN3O4. The Hall–Kier alpha value is -2.61. The molecule has 5 N–H and O–H groups in total. The Balaban J connectivity index is 0.00000324. The maximum Gasteiger partial charge on any atom is 0.224 e. The van der Waals surface area contributed by atoms with Gasteiger partial charge in [0, 0.05) is 33.1 Å². The van der Waals surface area contributed by atoms with Crippen molar-refractivity contribution in [2.24, 2.45) is 11.8 Å². The number of phenols is 1. The molecule has 200 valence electrons. The van der Waals surface area contributed by atoms with E-state index in [1.54, 1.807) is 13.1 Å². The van der Waals surface area contributed by atoms with Crippen molar-refractivity contribution in [1.82, 2.24) is 15.5 Å². The Morgan fingerprint density at radius 1 is 1.17 bits per heavy atom. The van der Waals surface area contributed by atoms with Crippen LogP contribution >= 0.6 is 12.4 Å². The molecule has 1 aliphatic rings. The molecule has 0 aromatic heterocycles. The molecule has 0 radical (unpaired) electrons. The van der Waals surface area contributed by atoms with Crippen LogP contribution in [0.2, 0.25) is 0 Å². The van der Waals surface area contributed by atoms with Gasteiger partial charge in [0.2, 0.25) is 11.8 Å². The number of hydrogen-bond acceptors (Lipinski definition) is 4. The molecule has 0 spiro atoms. The standard InChI is InChI=1S/C28H39N3O3.ClH.H2O/c1-21-19-31(16-14-28(21,2)24-11-7-12-25(32)18-24)20-23(17-22-9-5-4-6-10-22)27(34)30-15-8-13-26(33)29-3;;/h4-7,9-12,18,21,23,32H,8,13-17,19-20H2,1-3H3,(H,29,33)(H,30,34);1H;1H2. The molecule has 36 heavy (non-hydrogen) atoms. The second-order valence-electron chi connectivity index (χ2n) is 9.83. The van der Waals surface area contributed by atoms with Crippen molar-refractivity contribution < 1.29 is 20.2 Å². The maximum absolute atomic E-state index is 13.1. The van der Waals surface area contributed by atoms with Gasteiger partial charge in [0.25, 0.3) is 0 Å². The first-order chi connectivity index (χ1) is 16.3. The molecule has 7 nitrogen and oxygen atoms in total. The second-order valence-corrected chi connectivity index (χ2v) is 9.83. The van der Waals surface area contributed by atoms with E-state index < -0.39 is 0 Å². The number of amides is 2. The van der Waals surface area contributed by atoms with Gasteiger partial charge in [-0.2, -0.15) is 0 Å². The summed E-state index contributed by atoms with van der Waals surface area (Å²) in [6.07, 6.45) is 2.71. The van der Waals surface area contributed by atoms with Crippen LogP contribution in [0.4, 0.5) is 0 Å². The molecule has 2 aromatic carbocycles. The van der Waals surface area contributed by atoms with Gasteiger partial charge in [0.15, 0.2) is 0 Å². The first-order valence-electron chi connectivity index (χ1n) is 12.4. The highest BCUT2D eigenvalue weighted by Gasteiger charge is 2.39. The normalized spacial score (nSPS) is 20.4. The summed E-state index contributed by atoms with van der Waals surface area (Å²) < 4.78 is 0. The molecule has 3 atom stereocenters. The van der Waals surface area contributed by atoms with E-state index in [0.717, 1.165) is 25.1 Å². The highest BCUT2D eigenvalue weighted by atomic mass is 35.5. The van der Waals surface area contributed by atoms with Crippen LogP contribution in [-0.2, 0) is 21.4 Å². The first-order valence-corrected chi connectivity index (χ1v) is 12.4. The average molecular weight is 520 g/mol. The fourth-order valence-electron chi connectivity index (χ4n) is 4.95. The molecule has 0 bridgehead atoms. The quantitative estimate of drug-likeness (QED) is 0.418. The predicted molar refractivity (Wildman–Crippen MR) is 146 cm³/mol. The number of nitrogens with one attached hydrogen (secondary N) is 2. The number of likely N-dealkylation sites (tertiary alicyclic amines) is 1. The Kier molecular flexibility index (Phi) is 12.9. The summed E-state index contributed by atoms with van der Waals surface area (Å²) in [4.78, 5) is 27.0. The second kappa shape index (κ2) is 14.8. The zero-order valence-electron chi connectivity index (χ0n) is 21.6. The smallest absolute Gasteiger partial charge is 0.224 e. The van der Waals surface area contributed by atoms with Crippen molar-refractivity contribution in [1.29, 1.82) is 0 Å². The van der Waals surface area contributed by atoms with Crippen molar-refractivity contribution in [2.45, 2.75) is 44.9 Å². The molecular weight excluding hydrogens is 478 g/mol. The van der Waals surface area contributed by atoms with Crippen LogP contribution in [0, 0.1) is 11.8 Å². The van der Waals surface area contributed by atoms with Crippen molar-refractivity contribution >= 4 is 24.2 Å². The topological polar surface area (TPSA) is 113 Å². The van der Waals surface area contributed by atoms with Gasteiger partial charge in [-0.15, -0.1) is 12.4 Å². The fourth-order valence-corrected chi connectivity index (χ4v) is 4.95. The first kappa shape index (κ1) is 31.4. The number of halogens is 1. The average Bonchev–Trinajstić information content (AvgIpc) is 2.84. The number of piperidine rings is 1. The highest BCUT2D eigenvalue weighted by Crippen LogP contribution is 2.40. The lowest BCUT2D eigenvalue weighted by Crippen LogP contribution is -2.50. The fraction of sp³-hybridized carbons (Fsp3) is 0.500. The number of phenolic OH excluding ortho intramolecular Hbond substituents is 1. The van der Waals surface area contributed by atoms with Crippen LogP contribution < -0.4 is 10.6 Å². The van der Waals surface area contributed by atoms with Crippen molar-refractivity contribution in [3.8, 4) is 5.75 Å². The third kappa shape index (κ3) is 8.50. The van der Waals surface area contributed by atoms with Gasteiger partial charge in [-0.3, -0.25) is 9.59 Å². The minimum atomic E-state index is -0.153. The minimum Gasteiger partial charge on any atom is -0.508 e. The number of nitrogens with zero attached hydrogens (tertiary/aromatic N) is 1. The van der Waals surface area contributed by atoms with Crippen LogP contribution in [0.5, 0.6) is 5.75 Å². The van der Waals surface area contributed by atoms with Gasteiger partial charge >= 0.3 is 0 Å². The number of carbonyl (C=O) groups excluding carboxylic acids is 2. The van der Waals surface area contributed by atoms with Gasteiger partial charge < -0.3 is 26.1 Å². The molecule has 0 aliphatic carbocycles. The third-order valence-electron chi connectivity index (χ3n) is 7.41. The molecule has 2 aromatic rings. The largest absolute Gasteiger partial charge is 0.508 e. The van der Waals surface area contributed by atoms with E-state index in [4.69, 9.17) is 0 Å². The van der Waals surface area contributed by atoms with Crippen molar-refractivity contribution in [3.63, 3.8) is 0 Å². The molecule has 1 heterocycles. The lowest BCUT2D eigenvalue weighted by atomic mass is 9.68. The van der Waals surface area contributed by atoms with Gasteiger partial charge in [-0.25, -0.2) is 0 Å². The number of benzene rings is 2. The molecule has 2 amide bonds. The number of rotatable bonds is 10. The summed E-state index contributed by atoms with van der Waals surface area (Å²) in [5, 5.41) is 15.6. The zero-order valence-corrected chi connectivity index (χ0v) is 22.4. The monoisotopic (exact) mass is 519 g/mol. The minimum absolute atomic E-state index is 0. The van der Waals surface area contributed by atoms with E-state index in [1.165, 1.54) is 5.56 Å². The van der Waals surface area contributed by atoms with Crippen molar-refractivity contribution in [2.75, 3.05) is 33.2 Å². The molecule has 3 unspecified atom stereocenters. The number of hydrogen-bond donors (Lipinski definition) is 3. The Labute approximate surface area is 221 Å². The lowest BCUT2D eigenvalue weighted by molar-refractivity contribution is -0.126. The van der Waals surface area contributed by atoms with E-state index in [1.807, 2.05) is 30.3 Å². The van der Waals surface area contributed by atoms with Gasteiger partial charge in [0.1, 0.15) is 5.75 Å². The molecule has 0 saturated carbocycles.